The number of hydrogen-bond acceptors (Lipinski definition) is 4. The van der Waals surface area contributed by atoms with Crippen LogP contribution < -0.4 is 10.1 Å². The summed E-state index contributed by atoms with van der Waals surface area (Å²) in [7, 11) is 3.27. The van der Waals surface area contributed by atoms with Crippen LogP contribution in [-0.4, -0.2) is 57.2 Å². The van der Waals surface area contributed by atoms with Crippen LogP contribution in [0.5, 0.6) is 5.75 Å². The third-order valence-electron chi connectivity index (χ3n) is 2.99. The number of nitrogens with one attached hydrogen (secondary N) is 1. The molecule has 1 rings (SSSR count). The Kier molecular flexibility index (Phi) is 9.11. The zero-order valence-electron chi connectivity index (χ0n) is 14.2. The van der Waals surface area contributed by atoms with Gasteiger partial charge in [-0.1, -0.05) is 15.9 Å². The maximum absolute atomic E-state index is 11.8. The molecule has 132 valence electrons. The van der Waals surface area contributed by atoms with Crippen molar-refractivity contribution in [2.24, 2.45) is 0 Å². The van der Waals surface area contributed by atoms with Crippen molar-refractivity contribution >= 4 is 33.8 Å². The monoisotopic (exact) mass is 398 g/mol. The fourth-order valence-electron chi connectivity index (χ4n) is 1.68. The third kappa shape index (κ3) is 7.61. The zero-order chi connectivity index (χ0) is 17.9. The Morgan fingerprint density at radius 2 is 2.04 bits per heavy atom. The number of carbonyl (C=O) groups is 2. The lowest BCUT2D eigenvalue weighted by atomic mass is 10.2. The molecule has 6 nitrogen and oxygen atoms in total. The zero-order valence-corrected chi connectivity index (χ0v) is 15.8. The molecule has 0 atom stereocenters. The Bertz CT molecular complexity index is 588. The standard InChI is InChI=1S/C17H23BrN2O4/c1-4-23-9-10-24-15-7-6-14(18)11-13(15)5-8-16(21)19-12-17(22)20(2)3/h5-8,11H,4,9-10,12H2,1-3H3,(H,19,21)/b8-5+. The van der Waals surface area contributed by atoms with E-state index >= 15 is 0 Å². The second-order valence-corrected chi connectivity index (χ2v) is 5.98. The lowest BCUT2D eigenvalue weighted by Gasteiger charge is -2.10. The van der Waals surface area contributed by atoms with Gasteiger partial charge in [-0.05, 0) is 31.2 Å². The second kappa shape index (κ2) is 10.8. The maximum Gasteiger partial charge on any atom is 0.244 e. The highest BCUT2D eigenvalue weighted by molar-refractivity contribution is 9.10. The number of carbonyl (C=O) groups excluding carboxylic acids is 2. The largest absolute Gasteiger partial charge is 0.491 e. The molecule has 0 aromatic heterocycles. The smallest absolute Gasteiger partial charge is 0.244 e. The van der Waals surface area contributed by atoms with E-state index in [1.165, 1.54) is 11.0 Å². The first-order valence-electron chi connectivity index (χ1n) is 7.60. The van der Waals surface area contributed by atoms with Crippen molar-refractivity contribution in [1.29, 1.82) is 0 Å². The Balaban J connectivity index is 2.65. The van der Waals surface area contributed by atoms with Gasteiger partial charge < -0.3 is 19.7 Å². The third-order valence-corrected chi connectivity index (χ3v) is 3.48. The van der Waals surface area contributed by atoms with E-state index in [-0.39, 0.29) is 18.4 Å². The van der Waals surface area contributed by atoms with Gasteiger partial charge in [-0.3, -0.25) is 9.59 Å². The molecular weight excluding hydrogens is 376 g/mol. The first-order valence-corrected chi connectivity index (χ1v) is 8.39. The molecule has 0 aliphatic rings. The molecule has 1 N–H and O–H groups in total. The highest BCUT2D eigenvalue weighted by Gasteiger charge is 2.06. The predicted octanol–water partition coefficient (Wildman–Crippen LogP) is 2.08. The number of likely N-dealkylation sites (N-methyl/N-ethyl adjacent to an activating group) is 1. The molecule has 0 heterocycles. The molecular formula is C17H23BrN2O4. The van der Waals surface area contributed by atoms with Crippen molar-refractivity contribution in [2.45, 2.75) is 6.92 Å². The van der Waals surface area contributed by atoms with Gasteiger partial charge in [-0.15, -0.1) is 0 Å². The molecule has 0 fully saturated rings. The lowest BCUT2D eigenvalue weighted by Crippen LogP contribution is -2.35. The Morgan fingerprint density at radius 1 is 1.29 bits per heavy atom. The van der Waals surface area contributed by atoms with Crippen LogP contribution in [0.1, 0.15) is 12.5 Å². The van der Waals surface area contributed by atoms with Crippen molar-refractivity contribution in [3.8, 4) is 5.75 Å². The highest BCUT2D eigenvalue weighted by atomic mass is 79.9. The van der Waals surface area contributed by atoms with E-state index in [1.807, 2.05) is 25.1 Å². The molecule has 0 spiro atoms. The summed E-state index contributed by atoms with van der Waals surface area (Å²) in [5.41, 5.74) is 0.759. The van der Waals surface area contributed by atoms with Gasteiger partial charge in [0.25, 0.3) is 0 Å². The summed E-state index contributed by atoms with van der Waals surface area (Å²) in [6.45, 7) is 3.46. The number of nitrogens with zero attached hydrogens (tertiary/aromatic N) is 1. The number of rotatable bonds is 9. The molecule has 24 heavy (non-hydrogen) atoms. The first kappa shape index (κ1) is 20.2. The summed E-state index contributed by atoms with van der Waals surface area (Å²) < 4.78 is 11.8. The van der Waals surface area contributed by atoms with Crippen LogP contribution in [0.4, 0.5) is 0 Å². The molecule has 2 amide bonds. The molecule has 0 saturated carbocycles. The first-order chi connectivity index (χ1) is 11.4. The van der Waals surface area contributed by atoms with E-state index in [4.69, 9.17) is 9.47 Å². The van der Waals surface area contributed by atoms with Crippen molar-refractivity contribution in [3.05, 3.63) is 34.3 Å². The highest BCUT2D eigenvalue weighted by Crippen LogP contribution is 2.24. The van der Waals surface area contributed by atoms with Crippen LogP contribution >= 0.6 is 15.9 Å². The number of hydrogen-bond donors (Lipinski definition) is 1. The van der Waals surface area contributed by atoms with Gasteiger partial charge >= 0.3 is 0 Å². The minimum atomic E-state index is -0.342. The Labute approximate surface area is 150 Å². The molecule has 1 aromatic rings. The molecule has 7 heteroatoms. The maximum atomic E-state index is 11.8. The summed E-state index contributed by atoms with van der Waals surface area (Å²) in [5, 5.41) is 2.54. The van der Waals surface area contributed by atoms with Gasteiger partial charge in [0.05, 0.1) is 13.2 Å². The van der Waals surface area contributed by atoms with E-state index in [0.717, 1.165) is 10.0 Å². The van der Waals surface area contributed by atoms with Gasteiger partial charge in [-0.2, -0.15) is 0 Å². The number of ether oxygens (including phenoxy) is 2. The number of benzene rings is 1. The molecule has 0 unspecified atom stereocenters. The van der Waals surface area contributed by atoms with E-state index in [1.54, 1.807) is 20.2 Å². The molecule has 0 bridgehead atoms. The summed E-state index contributed by atoms with van der Waals surface area (Å²) in [4.78, 5) is 24.7. The van der Waals surface area contributed by atoms with E-state index in [9.17, 15) is 9.59 Å². The minimum Gasteiger partial charge on any atom is -0.491 e. The summed E-state index contributed by atoms with van der Waals surface area (Å²) in [6, 6.07) is 5.54. The normalized spacial score (nSPS) is 10.7. The predicted molar refractivity (Wildman–Crippen MR) is 96.9 cm³/mol. The van der Waals surface area contributed by atoms with Crippen LogP contribution in [0.15, 0.2) is 28.7 Å². The van der Waals surface area contributed by atoms with Crippen molar-refractivity contribution in [1.82, 2.24) is 10.2 Å². The summed E-state index contributed by atoms with van der Waals surface area (Å²) >= 11 is 3.40. The van der Waals surface area contributed by atoms with Crippen LogP contribution in [0.3, 0.4) is 0 Å². The molecule has 0 aliphatic heterocycles. The average molecular weight is 399 g/mol. The van der Waals surface area contributed by atoms with E-state index < -0.39 is 0 Å². The van der Waals surface area contributed by atoms with Crippen molar-refractivity contribution in [3.63, 3.8) is 0 Å². The van der Waals surface area contributed by atoms with Crippen LogP contribution in [0.25, 0.3) is 6.08 Å². The summed E-state index contributed by atoms with van der Waals surface area (Å²) in [5.74, 6) is 0.149. The average Bonchev–Trinajstić information content (AvgIpc) is 2.55. The van der Waals surface area contributed by atoms with E-state index in [0.29, 0.717) is 25.6 Å². The van der Waals surface area contributed by atoms with Gasteiger partial charge in [0.1, 0.15) is 12.4 Å². The Morgan fingerprint density at radius 3 is 2.71 bits per heavy atom. The second-order valence-electron chi connectivity index (χ2n) is 5.07. The fraction of sp³-hybridized carbons (Fsp3) is 0.412. The minimum absolute atomic E-state index is 0.0353. The topological polar surface area (TPSA) is 67.9 Å². The SMILES string of the molecule is CCOCCOc1ccc(Br)cc1/C=C/C(=O)NCC(=O)N(C)C. The van der Waals surface area contributed by atoms with Crippen LogP contribution in [0.2, 0.25) is 0 Å². The van der Waals surface area contributed by atoms with E-state index in [2.05, 4.69) is 21.2 Å². The lowest BCUT2D eigenvalue weighted by molar-refractivity contribution is -0.129. The van der Waals surface area contributed by atoms with Crippen LogP contribution in [-0.2, 0) is 14.3 Å². The Hall–Kier alpha value is -1.86. The van der Waals surface area contributed by atoms with Gasteiger partial charge in [0.15, 0.2) is 0 Å². The molecule has 0 saturated heterocycles. The number of halogens is 1. The van der Waals surface area contributed by atoms with Crippen molar-refractivity contribution in [2.75, 3.05) is 40.5 Å². The van der Waals surface area contributed by atoms with Gasteiger partial charge in [0.2, 0.25) is 11.8 Å². The number of amides is 2. The summed E-state index contributed by atoms with van der Waals surface area (Å²) in [6.07, 6.45) is 3.02. The molecule has 0 aliphatic carbocycles. The molecule has 1 aromatic carbocycles. The van der Waals surface area contributed by atoms with Crippen LogP contribution in [0, 0.1) is 0 Å². The van der Waals surface area contributed by atoms with Gasteiger partial charge in [-0.25, -0.2) is 0 Å². The quantitative estimate of drug-likeness (QED) is 0.510. The molecule has 0 radical (unpaired) electrons. The van der Waals surface area contributed by atoms with Crippen molar-refractivity contribution < 1.29 is 19.1 Å². The fourth-order valence-corrected chi connectivity index (χ4v) is 2.06. The van der Waals surface area contributed by atoms with Gasteiger partial charge in [0, 0.05) is 36.8 Å².